The Hall–Kier alpha value is -1.11. The highest BCUT2D eigenvalue weighted by Crippen LogP contribution is 2.22. The van der Waals surface area contributed by atoms with Gasteiger partial charge in [0.1, 0.15) is 6.07 Å². The molecule has 0 bridgehead atoms. The Morgan fingerprint density at radius 1 is 1.00 bits per heavy atom. The Kier molecular flexibility index (Phi) is 12.0. The van der Waals surface area contributed by atoms with Gasteiger partial charge >= 0.3 is 5.97 Å². The van der Waals surface area contributed by atoms with E-state index in [1.54, 1.807) is 6.92 Å². The second kappa shape index (κ2) is 12.6. The minimum Gasteiger partial charge on any atom is -0.463 e. The molecule has 0 unspecified atom stereocenters. The van der Waals surface area contributed by atoms with E-state index in [1.807, 2.05) is 0 Å². The molecule has 0 saturated heterocycles. The Morgan fingerprint density at radius 2 is 1.48 bits per heavy atom. The van der Waals surface area contributed by atoms with Crippen LogP contribution in [-0.2, 0) is 9.53 Å². The zero-order valence-electron chi connectivity index (χ0n) is 13.6. The summed E-state index contributed by atoms with van der Waals surface area (Å²) in [6, 6.07) is 1.45. The second-order valence-corrected chi connectivity index (χ2v) is 5.57. The molecule has 0 aliphatic carbocycles. The Morgan fingerprint density at radius 3 is 1.90 bits per heavy atom. The molecule has 0 aromatic rings. The summed E-state index contributed by atoms with van der Waals surface area (Å²) in [7, 11) is 0. The number of ether oxygens (including phenoxy) is 1. The summed E-state index contributed by atoms with van der Waals surface area (Å²) in [4.78, 5) is 11.4. The highest BCUT2D eigenvalue weighted by molar-refractivity contribution is 5.82. The molecule has 0 aromatic heterocycles. The number of carbonyl (C=O) groups is 1. The Bertz CT molecular complexity index is 314. The van der Waals surface area contributed by atoms with Crippen molar-refractivity contribution in [1.82, 2.24) is 0 Å². The average Bonchev–Trinajstić information content (AvgIpc) is 2.49. The highest BCUT2D eigenvalue weighted by atomic mass is 19.1. The van der Waals surface area contributed by atoms with Gasteiger partial charge in [-0.1, -0.05) is 64.7 Å². The van der Waals surface area contributed by atoms with Crippen molar-refractivity contribution in [3.63, 3.8) is 0 Å². The van der Waals surface area contributed by atoms with Gasteiger partial charge in [-0.05, 0) is 13.3 Å². The van der Waals surface area contributed by atoms with Crippen molar-refractivity contribution in [2.24, 2.45) is 0 Å². The number of esters is 1. The van der Waals surface area contributed by atoms with Gasteiger partial charge in [0.15, 0.2) is 0 Å². The van der Waals surface area contributed by atoms with Crippen LogP contribution in [0.5, 0.6) is 0 Å². The van der Waals surface area contributed by atoms with Gasteiger partial charge < -0.3 is 4.74 Å². The molecular weight excluding hydrogens is 269 g/mol. The van der Waals surface area contributed by atoms with Gasteiger partial charge in [-0.3, -0.25) is 0 Å². The Labute approximate surface area is 128 Å². The van der Waals surface area contributed by atoms with Crippen LogP contribution >= 0.6 is 0 Å². The summed E-state index contributed by atoms with van der Waals surface area (Å²) in [6.45, 7) is 3.92. The van der Waals surface area contributed by atoms with Crippen molar-refractivity contribution in [2.75, 3.05) is 6.61 Å². The third kappa shape index (κ3) is 9.44. The first kappa shape index (κ1) is 19.9. The van der Waals surface area contributed by atoms with E-state index in [1.165, 1.54) is 44.6 Å². The summed E-state index contributed by atoms with van der Waals surface area (Å²) in [5.41, 5.74) is -2.46. The normalized spacial score (nSPS) is 13.4. The number of unbranched alkanes of at least 4 members (excludes halogenated alkanes) is 9. The standard InChI is InChI=1S/C17H30FNO2/c1-3-5-6-7-8-9-10-11-12-13-14-17(18,15-19)16(20)21-4-2/h3-14H2,1-2H3/t17-/m0/s1. The Balaban J connectivity index is 3.60. The minimum atomic E-state index is -2.46. The largest absolute Gasteiger partial charge is 0.463 e. The van der Waals surface area contributed by atoms with Crippen LogP contribution in [0.2, 0.25) is 0 Å². The molecule has 21 heavy (non-hydrogen) atoms. The van der Waals surface area contributed by atoms with Crippen LogP contribution in [0.25, 0.3) is 0 Å². The molecule has 122 valence electrons. The molecule has 0 aliphatic heterocycles. The van der Waals surface area contributed by atoms with E-state index in [0.29, 0.717) is 6.42 Å². The van der Waals surface area contributed by atoms with Crippen LogP contribution in [0, 0.1) is 11.3 Å². The van der Waals surface area contributed by atoms with Crippen LogP contribution in [0.4, 0.5) is 4.39 Å². The van der Waals surface area contributed by atoms with Crippen molar-refractivity contribution in [2.45, 2.75) is 90.1 Å². The zero-order chi connectivity index (χ0) is 16.0. The van der Waals surface area contributed by atoms with Crippen LogP contribution in [0.1, 0.15) is 84.5 Å². The van der Waals surface area contributed by atoms with Gasteiger partial charge in [0.2, 0.25) is 0 Å². The number of nitrogens with zero attached hydrogens (tertiary/aromatic N) is 1. The number of rotatable bonds is 13. The number of halogens is 1. The summed E-state index contributed by atoms with van der Waals surface area (Å²) in [5.74, 6) is -1.04. The molecule has 0 N–H and O–H groups in total. The molecule has 1 atom stereocenters. The lowest BCUT2D eigenvalue weighted by Gasteiger charge is -2.15. The number of nitriles is 1. The van der Waals surface area contributed by atoms with Crippen molar-refractivity contribution >= 4 is 5.97 Å². The molecule has 0 fully saturated rings. The van der Waals surface area contributed by atoms with E-state index in [-0.39, 0.29) is 13.0 Å². The predicted molar refractivity (Wildman–Crippen MR) is 82.5 cm³/mol. The number of carbonyl (C=O) groups excluding carboxylic acids is 1. The van der Waals surface area contributed by atoms with E-state index in [2.05, 4.69) is 11.7 Å². The van der Waals surface area contributed by atoms with Crippen LogP contribution in [-0.4, -0.2) is 18.2 Å². The molecule has 3 nitrogen and oxygen atoms in total. The third-order valence-corrected chi connectivity index (χ3v) is 3.65. The summed E-state index contributed by atoms with van der Waals surface area (Å²) >= 11 is 0. The molecule has 0 amide bonds. The summed E-state index contributed by atoms with van der Waals surface area (Å²) in [5, 5.41) is 8.80. The first-order valence-corrected chi connectivity index (χ1v) is 8.38. The van der Waals surface area contributed by atoms with Gasteiger partial charge in [-0.2, -0.15) is 5.26 Å². The van der Waals surface area contributed by atoms with Gasteiger partial charge in [-0.15, -0.1) is 0 Å². The summed E-state index contributed by atoms with van der Waals surface area (Å²) in [6.07, 6.45) is 11.3. The minimum absolute atomic E-state index is 0.0567. The lowest BCUT2D eigenvalue weighted by atomic mass is 9.98. The maximum atomic E-state index is 14.0. The van der Waals surface area contributed by atoms with Crippen molar-refractivity contribution < 1.29 is 13.9 Å². The average molecular weight is 299 g/mol. The van der Waals surface area contributed by atoms with Crippen LogP contribution in [0.15, 0.2) is 0 Å². The SMILES string of the molecule is CCCCCCCCCCCC[C@](F)(C#N)C(=O)OCC. The van der Waals surface area contributed by atoms with Crippen molar-refractivity contribution in [1.29, 1.82) is 5.26 Å². The van der Waals surface area contributed by atoms with Crippen molar-refractivity contribution in [3.05, 3.63) is 0 Å². The first-order valence-electron chi connectivity index (χ1n) is 8.38. The molecule has 0 aromatic carbocycles. The van der Waals surface area contributed by atoms with Crippen LogP contribution < -0.4 is 0 Å². The second-order valence-electron chi connectivity index (χ2n) is 5.57. The highest BCUT2D eigenvalue weighted by Gasteiger charge is 2.39. The van der Waals surface area contributed by atoms with E-state index >= 15 is 0 Å². The monoisotopic (exact) mass is 299 g/mol. The van der Waals surface area contributed by atoms with Gasteiger partial charge in [0.25, 0.3) is 5.67 Å². The fraction of sp³-hybridized carbons (Fsp3) is 0.882. The molecule has 0 saturated carbocycles. The molecule has 0 aliphatic rings. The lowest BCUT2D eigenvalue weighted by molar-refractivity contribution is -0.153. The maximum Gasteiger partial charge on any atom is 0.358 e. The number of hydrogen-bond acceptors (Lipinski definition) is 3. The number of alkyl halides is 1. The zero-order valence-corrected chi connectivity index (χ0v) is 13.6. The molecule has 4 heteroatoms. The molecule has 0 rings (SSSR count). The lowest BCUT2D eigenvalue weighted by Crippen LogP contribution is -2.34. The quantitative estimate of drug-likeness (QED) is 0.351. The fourth-order valence-electron chi connectivity index (χ4n) is 2.31. The third-order valence-electron chi connectivity index (χ3n) is 3.65. The fourth-order valence-corrected chi connectivity index (χ4v) is 2.31. The molecule has 0 heterocycles. The van der Waals surface area contributed by atoms with Gasteiger partial charge in [0, 0.05) is 6.42 Å². The van der Waals surface area contributed by atoms with E-state index in [9.17, 15) is 9.18 Å². The van der Waals surface area contributed by atoms with Gasteiger partial charge in [-0.25, -0.2) is 9.18 Å². The molecule has 0 spiro atoms. The molecule has 0 radical (unpaired) electrons. The number of hydrogen-bond donors (Lipinski definition) is 0. The topological polar surface area (TPSA) is 50.1 Å². The molecular formula is C17H30FNO2. The first-order chi connectivity index (χ1) is 10.1. The van der Waals surface area contributed by atoms with Crippen LogP contribution in [0.3, 0.4) is 0 Å². The summed E-state index contributed by atoms with van der Waals surface area (Å²) < 4.78 is 18.6. The van der Waals surface area contributed by atoms with E-state index < -0.39 is 11.6 Å². The van der Waals surface area contributed by atoms with E-state index in [4.69, 9.17) is 5.26 Å². The smallest absolute Gasteiger partial charge is 0.358 e. The van der Waals surface area contributed by atoms with Gasteiger partial charge in [0.05, 0.1) is 6.61 Å². The van der Waals surface area contributed by atoms with Crippen molar-refractivity contribution in [3.8, 4) is 6.07 Å². The van der Waals surface area contributed by atoms with E-state index in [0.717, 1.165) is 19.3 Å². The maximum absolute atomic E-state index is 14.0. The predicted octanol–water partition coefficient (Wildman–Crippen LogP) is 5.09.